The van der Waals surface area contributed by atoms with Crippen molar-refractivity contribution in [3.63, 3.8) is 0 Å². The minimum atomic E-state index is 0.0338. The van der Waals surface area contributed by atoms with Crippen LogP contribution in [0.2, 0.25) is 0 Å². The van der Waals surface area contributed by atoms with E-state index in [1.165, 1.54) is 0 Å². The van der Waals surface area contributed by atoms with Crippen molar-refractivity contribution in [2.45, 2.75) is 25.0 Å². The Bertz CT molecular complexity index is 432. The number of fused-ring (bicyclic) bond motifs is 2. The molecule has 2 heterocycles. The van der Waals surface area contributed by atoms with Gasteiger partial charge in [-0.25, -0.2) is 0 Å². The molecule has 0 radical (unpaired) electrons. The van der Waals surface area contributed by atoms with Gasteiger partial charge in [0.2, 0.25) is 5.91 Å². The van der Waals surface area contributed by atoms with E-state index in [9.17, 15) is 4.79 Å². The van der Waals surface area contributed by atoms with Crippen LogP contribution in [0.1, 0.15) is 12.0 Å². The van der Waals surface area contributed by atoms with Crippen LogP contribution in [0, 0.1) is 0 Å². The highest BCUT2D eigenvalue weighted by Gasteiger charge is 2.45. The molecular formula is C12H15N3O. The number of nitrogens with one attached hydrogen (secondary N) is 1. The molecule has 2 bridgehead atoms. The van der Waals surface area contributed by atoms with Crippen LogP contribution >= 0.6 is 0 Å². The second-order valence-corrected chi connectivity index (χ2v) is 4.43. The molecule has 0 spiro atoms. The molecule has 0 aromatic heterocycles. The average molecular weight is 217 g/mol. The summed E-state index contributed by atoms with van der Waals surface area (Å²) in [6.07, 6.45) is 0.936. The lowest BCUT2D eigenvalue weighted by molar-refractivity contribution is -0.119. The van der Waals surface area contributed by atoms with Gasteiger partial charge in [0.25, 0.3) is 0 Å². The third kappa shape index (κ3) is 1.34. The highest BCUT2D eigenvalue weighted by Crippen LogP contribution is 2.30. The minimum Gasteiger partial charge on any atom is -0.326 e. The number of carbonyl (C=O) groups excluding carboxylic acids is 1. The lowest BCUT2D eigenvalue weighted by Gasteiger charge is -2.27. The molecule has 4 nitrogen and oxygen atoms in total. The van der Waals surface area contributed by atoms with Gasteiger partial charge < -0.3 is 16.0 Å². The molecule has 4 heteroatoms. The molecule has 84 valence electrons. The van der Waals surface area contributed by atoms with E-state index in [2.05, 4.69) is 5.32 Å². The first-order chi connectivity index (χ1) is 7.79. The van der Waals surface area contributed by atoms with E-state index in [0.29, 0.717) is 12.6 Å². The van der Waals surface area contributed by atoms with Crippen LogP contribution in [-0.4, -0.2) is 24.5 Å². The molecule has 1 aromatic rings. The molecule has 16 heavy (non-hydrogen) atoms. The number of amides is 1. The second kappa shape index (κ2) is 3.57. The molecule has 2 unspecified atom stereocenters. The van der Waals surface area contributed by atoms with Crippen molar-refractivity contribution in [2.24, 2.45) is 5.73 Å². The fourth-order valence-corrected chi connectivity index (χ4v) is 2.62. The molecule has 2 atom stereocenters. The van der Waals surface area contributed by atoms with Crippen molar-refractivity contribution in [2.75, 3.05) is 11.4 Å². The predicted molar refractivity (Wildman–Crippen MR) is 62.0 cm³/mol. The largest absolute Gasteiger partial charge is 0.326 e. The van der Waals surface area contributed by atoms with Crippen LogP contribution in [0.25, 0.3) is 0 Å². The SMILES string of the molecule is NCc1cccc(N2C(=O)C3CC2CN3)c1. The average Bonchev–Trinajstić information content (AvgIpc) is 2.89. The summed E-state index contributed by atoms with van der Waals surface area (Å²) in [5, 5.41) is 3.22. The number of nitrogens with zero attached hydrogens (tertiary/aromatic N) is 1. The highest BCUT2D eigenvalue weighted by atomic mass is 16.2. The third-order valence-electron chi connectivity index (χ3n) is 3.43. The van der Waals surface area contributed by atoms with Crippen LogP contribution in [0.3, 0.4) is 0 Å². The Kier molecular flexibility index (Phi) is 2.19. The third-order valence-corrected chi connectivity index (χ3v) is 3.43. The first kappa shape index (κ1) is 9.81. The highest BCUT2D eigenvalue weighted by molar-refractivity contribution is 6.01. The monoisotopic (exact) mass is 217 g/mol. The van der Waals surface area contributed by atoms with Gasteiger partial charge in [0.05, 0.1) is 12.1 Å². The van der Waals surface area contributed by atoms with E-state index in [0.717, 1.165) is 24.2 Å². The van der Waals surface area contributed by atoms with Gasteiger partial charge in [-0.1, -0.05) is 12.1 Å². The number of piperazine rings is 1. The molecule has 1 aromatic carbocycles. The molecule has 2 fully saturated rings. The maximum absolute atomic E-state index is 12.0. The normalized spacial score (nSPS) is 27.8. The molecule has 3 rings (SSSR count). The van der Waals surface area contributed by atoms with E-state index in [1.807, 2.05) is 29.2 Å². The van der Waals surface area contributed by atoms with Crippen molar-refractivity contribution in [1.82, 2.24) is 5.32 Å². The number of benzene rings is 1. The Morgan fingerprint density at radius 1 is 1.50 bits per heavy atom. The smallest absolute Gasteiger partial charge is 0.244 e. The van der Waals surface area contributed by atoms with E-state index >= 15 is 0 Å². The van der Waals surface area contributed by atoms with Gasteiger partial charge in [-0.3, -0.25) is 4.79 Å². The predicted octanol–water partition coefficient (Wildman–Crippen LogP) is 0.222. The standard InChI is InChI=1S/C12H15N3O/c13-6-8-2-1-3-9(4-8)15-10-5-11(12(15)16)14-7-10/h1-4,10-11,14H,5-7,13H2. The van der Waals surface area contributed by atoms with Crippen molar-refractivity contribution >= 4 is 11.6 Å². The number of nitrogens with two attached hydrogens (primary N) is 1. The zero-order valence-corrected chi connectivity index (χ0v) is 9.02. The number of anilines is 1. The molecule has 0 saturated carbocycles. The van der Waals surface area contributed by atoms with Crippen LogP contribution < -0.4 is 16.0 Å². The van der Waals surface area contributed by atoms with Gasteiger partial charge in [0.1, 0.15) is 0 Å². The van der Waals surface area contributed by atoms with Crippen LogP contribution in [0.5, 0.6) is 0 Å². The molecule has 2 aliphatic heterocycles. The molecule has 2 aliphatic rings. The topological polar surface area (TPSA) is 58.4 Å². The van der Waals surface area contributed by atoms with Gasteiger partial charge in [-0.05, 0) is 24.1 Å². The lowest BCUT2D eigenvalue weighted by Crippen LogP contribution is -2.48. The van der Waals surface area contributed by atoms with Crippen molar-refractivity contribution < 1.29 is 4.79 Å². The summed E-state index contributed by atoms with van der Waals surface area (Å²) in [6.45, 7) is 1.42. The Balaban J connectivity index is 1.94. The van der Waals surface area contributed by atoms with Crippen LogP contribution in [0.4, 0.5) is 5.69 Å². The fraction of sp³-hybridized carbons (Fsp3) is 0.417. The van der Waals surface area contributed by atoms with Gasteiger partial charge >= 0.3 is 0 Å². The van der Waals surface area contributed by atoms with E-state index in [-0.39, 0.29) is 11.9 Å². The summed E-state index contributed by atoms with van der Waals surface area (Å²) in [5.74, 6) is 0.199. The van der Waals surface area contributed by atoms with Crippen molar-refractivity contribution in [3.8, 4) is 0 Å². The Morgan fingerprint density at radius 3 is 3.06 bits per heavy atom. The zero-order valence-electron chi connectivity index (χ0n) is 9.02. The Morgan fingerprint density at radius 2 is 2.38 bits per heavy atom. The number of rotatable bonds is 2. The number of hydrogen-bond donors (Lipinski definition) is 2. The number of hydrogen-bond acceptors (Lipinski definition) is 3. The lowest BCUT2D eigenvalue weighted by atomic mass is 10.1. The summed E-state index contributed by atoms with van der Waals surface area (Å²) in [4.78, 5) is 13.9. The quantitative estimate of drug-likeness (QED) is 0.745. The van der Waals surface area contributed by atoms with Crippen molar-refractivity contribution in [1.29, 1.82) is 0 Å². The van der Waals surface area contributed by atoms with Crippen LogP contribution in [0.15, 0.2) is 24.3 Å². The Labute approximate surface area is 94.4 Å². The molecule has 0 aliphatic carbocycles. The second-order valence-electron chi connectivity index (χ2n) is 4.43. The minimum absolute atomic E-state index is 0.0338. The zero-order chi connectivity index (χ0) is 11.1. The summed E-state index contributed by atoms with van der Waals surface area (Å²) in [6, 6.07) is 8.30. The number of carbonyl (C=O) groups is 1. The summed E-state index contributed by atoms with van der Waals surface area (Å²) in [7, 11) is 0. The maximum atomic E-state index is 12.0. The van der Waals surface area contributed by atoms with Crippen molar-refractivity contribution in [3.05, 3.63) is 29.8 Å². The van der Waals surface area contributed by atoms with E-state index in [1.54, 1.807) is 0 Å². The van der Waals surface area contributed by atoms with Gasteiger partial charge in [-0.2, -0.15) is 0 Å². The first-order valence-electron chi connectivity index (χ1n) is 5.65. The van der Waals surface area contributed by atoms with E-state index < -0.39 is 0 Å². The maximum Gasteiger partial charge on any atom is 0.244 e. The fourth-order valence-electron chi connectivity index (χ4n) is 2.62. The van der Waals surface area contributed by atoms with Crippen LogP contribution in [-0.2, 0) is 11.3 Å². The van der Waals surface area contributed by atoms with E-state index in [4.69, 9.17) is 5.73 Å². The van der Waals surface area contributed by atoms with Gasteiger partial charge in [-0.15, -0.1) is 0 Å². The Hall–Kier alpha value is -1.39. The molecule has 2 saturated heterocycles. The molecule has 3 N–H and O–H groups in total. The summed E-state index contributed by atoms with van der Waals surface area (Å²) in [5.41, 5.74) is 7.67. The van der Waals surface area contributed by atoms with Gasteiger partial charge in [0.15, 0.2) is 0 Å². The van der Waals surface area contributed by atoms with Gasteiger partial charge in [0, 0.05) is 18.8 Å². The first-order valence-corrected chi connectivity index (χ1v) is 5.65. The molecular weight excluding hydrogens is 202 g/mol. The molecule has 1 amide bonds. The summed E-state index contributed by atoms with van der Waals surface area (Å²) >= 11 is 0. The summed E-state index contributed by atoms with van der Waals surface area (Å²) < 4.78 is 0.